The summed E-state index contributed by atoms with van der Waals surface area (Å²) in [5, 5.41) is 23.7. The van der Waals surface area contributed by atoms with E-state index in [-0.39, 0.29) is 36.9 Å². The number of nitrogens with one attached hydrogen (secondary N) is 2. The zero-order chi connectivity index (χ0) is 21.0. The lowest BCUT2D eigenvalue weighted by Gasteiger charge is -2.09. The van der Waals surface area contributed by atoms with Gasteiger partial charge in [-0.25, -0.2) is 14.8 Å². The highest BCUT2D eigenvalue weighted by Crippen LogP contribution is 2.19. The molecule has 11 heteroatoms. The number of aliphatic hydroxyl groups excluding tert-OH is 1. The maximum atomic E-state index is 12.4. The minimum Gasteiger partial charge on any atom is -0.475 e. The zero-order valence-corrected chi connectivity index (χ0v) is 15.7. The molecule has 3 aromatic rings. The molecule has 150 valence electrons. The number of anilines is 1. The summed E-state index contributed by atoms with van der Waals surface area (Å²) in [6.07, 6.45) is 1.36. The molecule has 0 aliphatic carbocycles. The second kappa shape index (κ2) is 8.67. The number of carbonyl (C=O) groups is 3. The van der Waals surface area contributed by atoms with Crippen LogP contribution in [0.4, 0.5) is 5.82 Å². The van der Waals surface area contributed by atoms with E-state index < -0.39 is 17.8 Å². The topological polar surface area (TPSA) is 146 Å². The molecule has 0 spiro atoms. The van der Waals surface area contributed by atoms with Crippen molar-refractivity contribution in [2.24, 2.45) is 0 Å². The van der Waals surface area contributed by atoms with Crippen LogP contribution in [0.15, 0.2) is 36.5 Å². The van der Waals surface area contributed by atoms with Crippen molar-refractivity contribution in [2.45, 2.75) is 6.54 Å². The number of hydrogen-bond donors (Lipinski definition) is 4. The first-order chi connectivity index (χ1) is 13.9. The number of halogens is 1. The quantitative estimate of drug-likeness (QED) is 0.450. The molecule has 0 fully saturated rings. The van der Waals surface area contributed by atoms with Gasteiger partial charge in [0.05, 0.1) is 22.7 Å². The van der Waals surface area contributed by atoms with Gasteiger partial charge in [0.1, 0.15) is 12.4 Å². The van der Waals surface area contributed by atoms with Crippen LogP contribution in [0, 0.1) is 0 Å². The van der Waals surface area contributed by atoms with Crippen molar-refractivity contribution in [3.8, 4) is 0 Å². The Labute approximate surface area is 169 Å². The SMILES string of the molecule is O=C(Cn1c(C(=O)O)nc2ccc(C(=O)NCCO)cc21)Nc1ccc(Cl)cn1. The number of aromatic nitrogens is 3. The third-order valence-electron chi connectivity index (χ3n) is 3.90. The molecule has 4 N–H and O–H groups in total. The molecule has 1 aromatic carbocycles. The van der Waals surface area contributed by atoms with Crippen molar-refractivity contribution in [3.63, 3.8) is 0 Å². The van der Waals surface area contributed by atoms with Gasteiger partial charge in [0, 0.05) is 18.3 Å². The molecule has 0 radical (unpaired) electrons. The summed E-state index contributed by atoms with van der Waals surface area (Å²) in [7, 11) is 0. The molecule has 29 heavy (non-hydrogen) atoms. The van der Waals surface area contributed by atoms with Gasteiger partial charge < -0.3 is 25.4 Å². The van der Waals surface area contributed by atoms with E-state index in [1.165, 1.54) is 35.0 Å². The number of imidazole rings is 1. The summed E-state index contributed by atoms with van der Waals surface area (Å²) in [6, 6.07) is 7.47. The third-order valence-corrected chi connectivity index (χ3v) is 4.12. The Hall–Kier alpha value is -3.50. The smallest absolute Gasteiger partial charge is 0.372 e. The fraction of sp³-hybridized carbons (Fsp3) is 0.167. The Balaban J connectivity index is 1.92. The van der Waals surface area contributed by atoms with Crippen molar-refractivity contribution in [2.75, 3.05) is 18.5 Å². The van der Waals surface area contributed by atoms with Crippen LogP contribution in [0.5, 0.6) is 0 Å². The number of aromatic carboxylic acids is 1. The fourth-order valence-electron chi connectivity index (χ4n) is 2.63. The maximum absolute atomic E-state index is 12.4. The lowest BCUT2D eigenvalue weighted by Crippen LogP contribution is -2.26. The van der Waals surface area contributed by atoms with Crippen molar-refractivity contribution in [1.82, 2.24) is 19.9 Å². The van der Waals surface area contributed by atoms with E-state index in [0.717, 1.165) is 0 Å². The number of fused-ring (bicyclic) bond motifs is 1. The van der Waals surface area contributed by atoms with Gasteiger partial charge in [-0.1, -0.05) is 11.6 Å². The molecule has 10 nitrogen and oxygen atoms in total. The number of pyridine rings is 1. The van der Waals surface area contributed by atoms with E-state index in [1.807, 2.05) is 0 Å². The van der Waals surface area contributed by atoms with Crippen LogP contribution in [0.1, 0.15) is 21.0 Å². The molecule has 0 unspecified atom stereocenters. The molecule has 0 saturated carbocycles. The lowest BCUT2D eigenvalue weighted by molar-refractivity contribution is -0.116. The molecule has 3 rings (SSSR count). The maximum Gasteiger partial charge on any atom is 0.372 e. The van der Waals surface area contributed by atoms with Crippen LogP contribution in [-0.4, -0.2) is 55.7 Å². The molecule has 0 atom stereocenters. The molecular weight excluding hydrogens is 402 g/mol. The number of carboxylic acid groups (broad SMARTS) is 1. The predicted octanol–water partition coefficient (Wildman–Crippen LogP) is 1.14. The molecule has 0 aliphatic heterocycles. The molecule has 2 aromatic heterocycles. The first-order valence-electron chi connectivity index (χ1n) is 8.43. The van der Waals surface area contributed by atoms with E-state index in [2.05, 4.69) is 20.6 Å². The summed E-state index contributed by atoms with van der Waals surface area (Å²) < 4.78 is 1.20. The predicted molar refractivity (Wildman–Crippen MR) is 104 cm³/mol. The number of amides is 2. The van der Waals surface area contributed by atoms with Crippen LogP contribution in [0.3, 0.4) is 0 Å². The number of benzene rings is 1. The number of rotatable bonds is 7. The largest absolute Gasteiger partial charge is 0.475 e. The molecule has 2 heterocycles. The van der Waals surface area contributed by atoms with E-state index in [4.69, 9.17) is 16.7 Å². The lowest BCUT2D eigenvalue weighted by atomic mass is 10.2. The van der Waals surface area contributed by atoms with Gasteiger partial charge in [0.25, 0.3) is 5.91 Å². The summed E-state index contributed by atoms with van der Waals surface area (Å²) in [5.41, 5.74) is 0.862. The highest BCUT2D eigenvalue weighted by Gasteiger charge is 2.20. The van der Waals surface area contributed by atoms with Gasteiger partial charge in [0.15, 0.2) is 0 Å². The number of aliphatic hydroxyl groups is 1. The first kappa shape index (κ1) is 20.2. The number of hydrogen-bond acceptors (Lipinski definition) is 6. The molecule has 0 aliphatic rings. The van der Waals surface area contributed by atoms with Gasteiger partial charge in [-0.05, 0) is 30.3 Å². The molecule has 0 bridgehead atoms. The summed E-state index contributed by atoms with van der Waals surface area (Å²) >= 11 is 5.76. The van der Waals surface area contributed by atoms with Gasteiger partial charge in [-0.3, -0.25) is 9.59 Å². The highest BCUT2D eigenvalue weighted by molar-refractivity contribution is 6.30. The van der Waals surface area contributed by atoms with Crippen LogP contribution in [-0.2, 0) is 11.3 Å². The summed E-state index contributed by atoms with van der Waals surface area (Å²) in [5.74, 6) is -2.38. The normalized spacial score (nSPS) is 10.7. The number of carbonyl (C=O) groups excluding carboxylic acids is 2. The Morgan fingerprint density at radius 1 is 1.17 bits per heavy atom. The third kappa shape index (κ3) is 4.68. The Morgan fingerprint density at radius 2 is 1.97 bits per heavy atom. The van der Waals surface area contributed by atoms with E-state index in [0.29, 0.717) is 16.1 Å². The van der Waals surface area contributed by atoms with E-state index >= 15 is 0 Å². The second-order valence-electron chi connectivity index (χ2n) is 5.92. The van der Waals surface area contributed by atoms with Crippen LogP contribution in [0.25, 0.3) is 11.0 Å². The first-order valence-corrected chi connectivity index (χ1v) is 8.81. The second-order valence-corrected chi connectivity index (χ2v) is 6.36. The van der Waals surface area contributed by atoms with Crippen LogP contribution < -0.4 is 10.6 Å². The van der Waals surface area contributed by atoms with Crippen molar-refractivity contribution in [1.29, 1.82) is 0 Å². The van der Waals surface area contributed by atoms with Crippen molar-refractivity contribution < 1.29 is 24.6 Å². The standard InChI is InChI=1S/C18H16ClN5O5/c19-11-2-4-14(21-8-11)23-15(26)9-24-13-7-10(17(27)20-5-6-25)1-3-12(13)22-16(24)18(28)29/h1-4,7-8,25H,5-6,9H2,(H,20,27)(H,28,29)(H,21,23,26). The fourth-order valence-corrected chi connectivity index (χ4v) is 2.75. The monoisotopic (exact) mass is 417 g/mol. The van der Waals surface area contributed by atoms with Gasteiger partial charge >= 0.3 is 5.97 Å². The molecule has 0 saturated heterocycles. The van der Waals surface area contributed by atoms with Gasteiger partial charge in [-0.15, -0.1) is 0 Å². The van der Waals surface area contributed by atoms with Gasteiger partial charge in [0.2, 0.25) is 11.7 Å². The number of carboxylic acids is 1. The highest BCUT2D eigenvalue weighted by atomic mass is 35.5. The number of nitrogens with zero attached hydrogens (tertiary/aromatic N) is 3. The van der Waals surface area contributed by atoms with Crippen LogP contribution >= 0.6 is 11.6 Å². The summed E-state index contributed by atoms with van der Waals surface area (Å²) in [4.78, 5) is 44.1. The van der Waals surface area contributed by atoms with E-state index in [9.17, 15) is 19.5 Å². The zero-order valence-electron chi connectivity index (χ0n) is 14.9. The average molecular weight is 418 g/mol. The van der Waals surface area contributed by atoms with Gasteiger partial charge in [-0.2, -0.15) is 0 Å². The van der Waals surface area contributed by atoms with Crippen molar-refractivity contribution in [3.05, 3.63) is 52.9 Å². The van der Waals surface area contributed by atoms with Crippen molar-refractivity contribution >= 4 is 46.2 Å². The molecular formula is C18H16ClN5O5. The minimum absolute atomic E-state index is 0.0764. The Kier molecular flexibility index (Phi) is 6.05. The Morgan fingerprint density at radius 3 is 2.62 bits per heavy atom. The molecule has 2 amide bonds. The van der Waals surface area contributed by atoms with Crippen LogP contribution in [0.2, 0.25) is 5.02 Å². The Bertz CT molecular complexity index is 1080. The minimum atomic E-state index is -1.31. The van der Waals surface area contributed by atoms with E-state index in [1.54, 1.807) is 6.07 Å². The summed E-state index contributed by atoms with van der Waals surface area (Å²) in [6.45, 7) is -0.495. The average Bonchev–Trinajstić information content (AvgIpc) is 3.05.